The topological polar surface area (TPSA) is 77.0 Å². The number of nitrogens with zero attached hydrogens (tertiary/aromatic N) is 1. The number of amidine groups is 1. The van der Waals surface area contributed by atoms with Crippen molar-refractivity contribution in [1.29, 1.82) is 0 Å². The van der Waals surface area contributed by atoms with Crippen molar-refractivity contribution in [3.05, 3.63) is 45.6 Å². The van der Waals surface area contributed by atoms with Gasteiger partial charge in [0, 0.05) is 10.2 Å². The van der Waals surface area contributed by atoms with Gasteiger partial charge in [-0.05, 0) is 31.5 Å². The molecule has 6 nitrogen and oxygen atoms in total. The van der Waals surface area contributed by atoms with E-state index in [-0.39, 0.29) is 18.3 Å². The van der Waals surface area contributed by atoms with E-state index in [0.717, 1.165) is 10.0 Å². The molecule has 0 aromatic heterocycles. The summed E-state index contributed by atoms with van der Waals surface area (Å²) in [4.78, 5) is 28.4. The van der Waals surface area contributed by atoms with Crippen molar-refractivity contribution in [3.63, 3.8) is 0 Å². The number of aliphatic imine (C=N–C) groups is 1. The summed E-state index contributed by atoms with van der Waals surface area (Å²) in [7, 11) is 1.34. The summed E-state index contributed by atoms with van der Waals surface area (Å²) >= 11 is 4.67. The number of methoxy groups -OCH3 is 1. The number of esters is 2. The van der Waals surface area contributed by atoms with Crippen molar-refractivity contribution in [2.24, 2.45) is 4.99 Å². The van der Waals surface area contributed by atoms with Crippen LogP contribution in [0.2, 0.25) is 0 Å². The highest BCUT2D eigenvalue weighted by Gasteiger charge is 2.30. The smallest absolute Gasteiger partial charge is 0.338 e. The zero-order valence-corrected chi connectivity index (χ0v) is 16.6. The highest BCUT2D eigenvalue weighted by atomic mass is 79.9. The summed E-state index contributed by atoms with van der Waals surface area (Å²) < 4.78 is 10.7. The zero-order valence-electron chi connectivity index (χ0n) is 14.2. The van der Waals surface area contributed by atoms with Crippen LogP contribution in [0.4, 0.5) is 0 Å². The minimum absolute atomic E-state index is 0.134. The Bertz CT molecular complexity index is 733. The molecular formula is C17H19BrN2O4S. The van der Waals surface area contributed by atoms with Gasteiger partial charge in [-0.15, -0.1) is 0 Å². The molecule has 2 rings (SSSR count). The first-order valence-electron chi connectivity index (χ1n) is 7.64. The number of allylic oxidation sites excluding steroid dienone is 1. The van der Waals surface area contributed by atoms with Crippen LogP contribution in [0.5, 0.6) is 0 Å². The Balaban J connectivity index is 2.36. The van der Waals surface area contributed by atoms with Gasteiger partial charge in [0.05, 0.1) is 25.0 Å². The minimum atomic E-state index is -0.502. The van der Waals surface area contributed by atoms with Crippen LogP contribution < -0.4 is 5.32 Å². The molecular weight excluding hydrogens is 408 g/mol. The number of carbonyl (C=O) groups is 2. The number of hydrogen-bond acceptors (Lipinski definition) is 7. The lowest BCUT2D eigenvalue weighted by Gasteiger charge is -2.25. The summed E-state index contributed by atoms with van der Waals surface area (Å²) in [6.07, 6.45) is 0. The van der Waals surface area contributed by atoms with E-state index < -0.39 is 12.0 Å². The van der Waals surface area contributed by atoms with Crippen molar-refractivity contribution in [2.75, 3.05) is 19.5 Å². The Kier molecular flexibility index (Phi) is 7.07. The van der Waals surface area contributed by atoms with Crippen LogP contribution in [0.15, 0.2) is 45.0 Å². The van der Waals surface area contributed by atoms with Crippen LogP contribution in [0.1, 0.15) is 25.5 Å². The molecule has 134 valence electrons. The standard InChI is InChI=1S/C17H19BrN2O4S/c1-4-24-16(22)14-10(2)19-17(25-9-13(21)23-3)20-15(14)11-6-5-7-12(18)8-11/h5-8,15H,4,9H2,1-3H3,(H,19,20)/t15-/m1/s1. The molecule has 1 aliphatic heterocycles. The van der Waals surface area contributed by atoms with Gasteiger partial charge in [-0.3, -0.25) is 4.79 Å². The molecule has 0 amide bonds. The van der Waals surface area contributed by atoms with E-state index in [1.807, 2.05) is 24.3 Å². The normalized spacial score (nSPS) is 16.8. The zero-order chi connectivity index (χ0) is 18.4. The number of halogens is 1. The van der Waals surface area contributed by atoms with E-state index in [0.29, 0.717) is 16.4 Å². The lowest BCUT2D eigenvalue weighted by molar-refractivity contribution is -0.139. The average molecular weight is 427 g/mol. The van der Waals surface area contributed by atoms with Crippen molar-refractivity contribution < 1.29 is 19.1 Å². The molecule has 0 fully saturated rings. The molecule has 1 atom stereocenters. The lowest BCUT2D eigenvalue weighted by atomic mass is 9.97. The van der Waals surface area contributed by atoms with E-state index in [1.54, 1.807) is 13.8 Å². The van der Waals surface area contributed by atoms with Crippen LogP contribution >= 0.6 is 27.7 Å². The second kappa shape index (κ2) is 9.05. The average Bonchev–Trinajstić information content (AvgIpc) is 2.59. The van der Waals surface area contributed by atoms with Gasteiger partial charge in [0.25, 0.3) is 0 Å². The van der Waals surface area contributed by atoms with Crippen molar-refractivity contribution in [2.45, 2.75) is 19.9 Å². The van der Waals surface area contributed by atoms with E-state index in [2.05, 4.69) is 31.0 Å². The number of ether oxygens (including phenoxy) is 2. The Hall–Kier alpha value is -1.80. The van der Waals surface area contributed by atoms with Gasteiger partial charge < -0.3 is 14.8 Å². The number of hydrogen-bond donors (Lipinski definition) is 1. The van der Waals surface area contributed by atoms with Crippen LogP contribution in [0.25, 0.3) is 0 Å². The number of nitrogens with one attached hydrogen (secondary N) is 1. The van der Waals surface area contributed by atoms with Crippen LogP contribution in [0.3, 0.4) is 0 Å². The number of benzene rings is 1. The molecule has 0 spiro atoms. The largest absolute Gasteiger partial charge is 0.468 e. The molecule has 0 saturated carbocycles. The highest BCUT2D eigenvalue weighted by molar-refractivity contribution is 9.10. The fourth-order valence-corrected chi connectivity index (χ4v) is 3.49. The first kappa shape index (κ1) is 19.5. The van der Waals surface area contributed by atoms with E-state index >= 15 is 0 Å². The minimum Gasteiger partial charge on any atom is -0.468 e. The fourth-order valence-electron chi connectivity index (χ4n) is 2.30. The second-order valence-electron chi connectivity index (χ2n) is 5.14. The van der Waals surface area contributed by atoms with Gasteiger partial charge >= 0.3 is 11.9 Å². The molecule has 0 aliphatic carbocycles. The van der Waals surface area contributed by atoms with Gasteiger partial charge in [-0.2, -0.15) is 0 Å². The molecule has 8 heteroatoms. The molecule has 1 aliphatic rings. The van der Waals surface area contributed by atoms with Crippen molar-refractivity contribution in [1.82, 2.24) is 5.32 Å². The maximum atomic E-state index is 12.4. The van der Waals surface area contributed by atoms with Gasteiger partial charge in [0.1, 0.15) is 6.04 Å². The van der Waals surface area contributed by atoms with E-state index in [4.69, 9.17) is 4.74 Å². The van der Waals surface area contributed by atoms with Gasteiger partial charge in [0.2, 0.25) is 0 Å². The Morgan fingerprint density at radius 2 is 2.16 bits per heavy atom. The predicted molar refractivity (Wildman–Crippen MR) is 101 cm³/mol. The highest BCUT2D eigenvalue weighted by Crippen LogP contribution is 2.34. The fraction of sp³-hybridized carbons (Fsp3) is 0.353. The quantitative estimate of drug-likeness (QED) is 0.728. The van der Waals surface area contributed by atoms with Gasteiger partial charge in [-0.1, -0.05) is 39.8 Å². The third-order valence-corrected chi connectivity index (χ3v) is 4.79. The summed E-state index contributed by atoms with van der Waals surface area (Å²) in [5, 5.41) is 3.63. The van der Waals surface area contributed by atoms with Gasteiger partial charge in [0.15, 0.2) is 5.17 Å². The van der Waals surface area contributed by atoms with Crippen molar-refractivity contribution in [3.8, 4) is 0 Å². The molecule has 0 radical (unpaired) electrons. The summed E-state index contributed by atoms with van der Waals surface area (Å²) in [6, 6.07) is 7.10. The Morgan fingerprint density at radius 1 is 1.40 bits per heavy atom. The molecule has 0 unspecified atom stereocenters. The van der Waals surface area contributed by atoms with E-state index in [9.17, 15) is 9.59 Å². The monoisotopic (exact) mass is 426 g/mol. The van der Waals surface area contributed by atoms with Crippen LogP contribution in [-0.4, -0.2) is 36.6 Å². The molecule has 0 bridgehead atoms. The predicted octanol–water partition coefficient (Wildman–Crippen LogP) is 3.19. The molecule has 0 saturated heterocycles. The number of carbonyl (C=O) groups excluding carboxylic acids is 2. The van der Waals surface area contributed by atoms with E-state index in [1.165, 1.54) is 18.9 Å². The Morgan fingerprint density at radius 3 is 2.80 bits per heavy atom. The third kappa shape index (κ3) is 5.09. The molecule has 1 heterocycles. The first-order valence-corrected chi connectivity index (χ1v) is 9.41. The summed E-state index contributed by atoms with van der Waals surface area (Å²) in [5.74, 6) is -0.611. The lowest BCUT2D eigenvalue weighted by Crippen LogP contribution is -2.31. The SMILES string of the molecule is CCOC(=O)C1=C(C)NC(SCC(=O)OC)=N[C@@H]1c1cccc(Br)c1. The summed E-state index contributed by atoms with van der Waals surface area (Å²) in [6.45, 7) is 3.85. The maximum absolute atomic E-state index is 12.4. The molecule has 25 heavy (non-hydrogen) atoms. The molecule has 1 aromatic carbocycles. The van der Waals surface area contributed by atoms with Crippen LogP contribution in [-0.2, 0) is 19.1 Å². The van der Waals surface area contributed by atoms with Crippen LogP contribution in [0, 0.1) is 0 Å². The maximum Gasteiger partial charge on any atom is 0.338 e. The van der Waals surface area contributed by atoms with Gasteiger partial charge in [-0.25, -0.2) is 9.79 Å². The third-order valence-electron chi connectivity index (χ3n) is 3.43. The number of thioether (sulfide) groups is 1. The summed E-state index contributed by atoms with van der Waals surface area (Å²) in [5.41, 5.74) is 1.97. The van der Waals surface area contributed by atoms with Crippen molar-refractivity contribution >= 4 is 44.8 Å². The number of rotatable bonds is 5. The molecule has 1 aromatic rings. The first-order chi connectivity index (χ1) is 12.0. The molecule has 1 N–H and O–H groups in total. The second-order valence-corrected chi connectivity index (χ2v) is 7.02. The Labute approximate surface area is 159 Å².